The molecule has 0 spiro atoms. The van der Waals surface area contributed by atoms with Crippen LogP contribution >= 0.6 is 0 Å². The van der Waals surface area contributed by atoms with Crippen LogP contribution in [0.25, 0.3) is 0 Å². The van der Waals surface area contributed by atoms with Gasteiger partial charge in [-0.25, -0.2) is 13.2 Å². The van der Waals surface area contributed by atoms with E-state index in [0.29, 0.717) is 11.6 Å². The molecule has 0 atom stereocenters. The molecule has 2 rings (SSSR count). The third kappa shape index (κ3) is 3.44. The second-order valence-corrected chi connectivity index (χ2v) is 4.35. The molecule has 0 saturated heterocycles. The Morgan fingerprint density at radius 1 is 1.10 bits per heavy atom. The van der Waals surface area contributed by atoms with Crippen molar-refractivity contribution in [1.29, 1.82) is 0 Å². The summed E-state index contributed by atoms with van der Waals surface area (Å²) >= 11 is 0. The van der Waals surface area contributed by atoms with E-state index in [-0.39, 0.29) is 18.0 Å². The number of carbonyl (C=O) groups excluding carboxylic acids is 1. The van der Waals surface area contributed by atoms with Crippen molar-refractivity contribution in [2.75, 3.05) is 5.32 Å². The molecule has 0 unspecified atom stereocenters. The summed E-state index contributed by atoms with van der Waals surface area (Å²) in [5, 5.41) is 11.8. The molecule has 0 aliphatic rings. The summed E-state index contributed by atoms with van der Waals surface area (Å²) in [5.41, 5.74) is 4.70. The number of carbonyl (C=O) groups is 1. The van der Waals surface area contributed by atoms with Gasteiger partial charge in [-0.1, -0.05) is 0 Å². The first kappa shape index (κ1) is 14.7. The summed E-state index contributed by atoms with van der Waals surface area (Å²) in [5.74, 6) is -3.93. The lowest BCUT2D eigenvalue weighted by molar-refractivity contribution is 0.0996. The minimum atomic E-state index is -1.06. The van der Waals surface area contributed by atoms with Crippen molar-refractivity contribution in [2.24, 2.45) is 5.73 Å². The largest absolute Gasteiger partial charge is 0.508 e. The number of benzene rings is 2. The summed E-state index contributed by atoms with van der Waals surface area (Å²) in [6.45, 7) is -0.0356. The minimum absolute atomic E-state index is 0.0356. The number of aromatic hydroxyl groups is 1. The molecule has 4 nitrogen and oxygen atoms in total. The molecule has 4 N–H and O–H groups in total. The Balaban J connectivity index is 2.23. The quantitative estimate of drug-likeness (QED) is 0.811. The maximum atomic E-state index is 13.6. The van der Waals surface area contributed by atoms with Gasteiger partial charge in [0.05, 0.1) is 11.3 Å². The van der Waals surface area contributed by atoms with E-state index in [1.54, 1.807) is 0 Å². The number of halogens is 3. The fraction of sp³-hybridized carbons (Fsp3) is 0.0714. The maximum Gasteiger partial charge on any atom is 0.251 e. The van der Waals surface area contributed by atoms with E-state index in [2.05, 4.69) is 5.32 Å². The van der Waals surface area contributed by atoms with Crippen LogP contribution in [0.3, 0.4) is 0 Å². The molecular formula is C14H11F3N2O2. The number of nitrogens with two attached hydrogens (primary N) is 1. The summed E-state index contributed by atoms with van der Waals surface area (Å²) in [6.07, 6.45) is 0. The molecule has 2 aromatic carbocycles. The van der Waals surface area contributed by atoms with Gasteiger partial charge in [-0.2, -0.15) is 0 Å². The normalized spacial score (nSPS) is 10.4. The van der Waals surface area contributed by atoms with Gasteiger partial charge in [0.25, 0.3) is 5.91 Å². The highest BCUT2D eigenvalue weighted by molar-refractivity contribution is 5.94. The van der Waals surface area contributed by atoms with Gasteiger partial charge in [0.1, 0.15) is 23.2 Å². The first-order chi connectivity index (χ1) is 9.86. The molecule has 21 heavy (non-hydrogen) atoms. The summed E-state index contributed by atoms with van der Waals surface area (Å²) < 4.78 is 40.0. The molecule has 0 radical (unpaired) electrons. The van der Waals surface area contributed by atoms with Crippen molar-refractivity contribution >= 4 is 11.6 Å². The Morgan fingerprint density at radius 2 is 1.81 bits per heavy atom. The second kappa shape index (κ2) is 5.74. The molecule has 0 aliphatic heterocycles. The van der Waals surface area contributed by atoms with Gasteiger partial charge in [-0.15, -0.1) is 0 Å². The molecule has 0 heterocycles. The van der Waals surface area contributed by atoms with Gasteiger partial charge >= 0.3 is 0 Å². The number of rotatable bonds is 4. The average Bonchev–Trinajstić information content (AvgIpc) is 2.36. The van der Waals surface area contributed by atoms with Crippen LogP contribution in [-0.4, -0.2) is 11.0 Å². The zero-order valence-electron chi connectivity index (χ0n) is 10.7. The molecule has 0 saturated carbocycles. The number of phenolic OH excluding ortho intramolecular Hbond substituents is 1. The number of primary amides is 1. The lowest BCUT2D eigenvalue weighted by Gasteiger charge is -2.10. The van der Waals surface area contributed by atoms with E-state index >= 15 is 0 Å². The molecule has 0 aliphatic carbocycles. The van der Waals surface area contributed by atoms with Gasteiger partial charge in [-0.05, 0) is 23.8 Å². The van der Waals surface area contributed by atoms with Crippen LogP contribution in [0.5, 0.6) is 5.75 Å². The Morgan fingerprint density at radius 3 is 2.43 bits per heavy atom. The average molecular weight is 296 g/mol. The van der Waals surface area contributed by atoms with Crippen LogP contribution in [0, 0.1) is 17.5 Å². The highest BCUT2D eigenvalue weighted by Crippen LogP contribution is 2.21. The molecule has 2 aromatic rings. The minimum Gasteiger partial charge on any atom is -0.508 e. The Bertz CT molecular complexity index is 685. The molecule has 7 heteroatoms. The lowest BCUT2D eigenvalue weighted by Crippen LogP contribution is -2.14. The van der Waals surface area contributed by atoms with E-state index in [1.165, 1.54) is 6.07 Å². The summed E-state index contributed by atoms with van der Waals surface area (Å²) in [6, 6.07) is 4.82. The number of anilines is 1. The van der Waals surface area contributed by atoms with Gasteiger partial charge in [0.2, 0.25) is 0 Å². The summed E-state index contributed by atoms with van der Waals surface area (Å²) in [7, 11) is 0. The fourth-order valence-electron chi connectivity index (χ4n) is 1.81. The van der Waals surface area contributed by atoms with Crippen molar-refractivity contribution in [3.8, 4) is 5.75 Å². The van der Waals surface area contributed by atoms with Crippen molar-refractivity contribution in [3.63, 3.8) is 0 Å². The lowest BCUT2D eigenvalue weighted by atomic mass is 10.1. The standard InChI is InChI=1S/C14H11F3N2O2/c15-8-1-7(2-9(20)3-8)6-19-13-4-10(14(18)21)11(16)5-12(13)17/h1-5,19-20H,6H2,(H2,18,21). The first-order valence-corrected chi connectivity index (χ1v) is 5.88. The van der Waals surface area contributed by atoms with Gasteiger partial charge < -0.3 is 16.2 Å². The highest BCUT2D eigenvalue weighted by Gasteiger charge is 2.13. The predicted octanol–water partition coefficient (Wildman–Crippen LogP) is 2.52. The molecule has 110 valence electrons. The van der Waals surface area contributed by atoms with Crippen LogP contribution < -0.4 is 11.1 Å². The van der Waals surface area contributed by atoms with Crippen LogP contribution in [0.4, 0.5) is 18.9 Å². The molecular weight excluding hydrogens is 285 g/mol. The molecule has 0 fully saturated rings. The van der Waals surface area contributed by atoms with Crippen molar-refractivity contribution < 1.29 is 23.1 Å². The number of hydrogen-bond donors (Lipinski definition) is 3. The molecule has 0 aromatic heterocycles. The number of hydrogen-bond acceptors (Lipinski definition) is 3. The molecule has 1 amide bonds. The Kier molecular flexibility index (Phi) is 4.02. The van der Waals surface area contributed by atoms with E-state index < -0.39 is 28.9 Å². The van der Waals surface area contributed by atoms with Crippen molar-refractivity contribution in [3.05, 3.63) is 58.9 Å². The first-order valence-electron chi connectivity index (χ1n) is 5.88. The second-order valence-electron chi connectivity index (χ2n) is 4.35. The number of amides is 1. The number of phenols is 1. The van der Waals surface area contributed by atoms with Gasteiger partial charge in [0.15, 0.2) is 0 Å². The Hall–Kier alpha value is -2.70. The van der Waals surface area contributed by atoms with E-state index in [9.17, 15) is 23.1 Å². The van der Waals surface area contributed by atoms with E-state index in [0.717, 1.165) is 18.2 Å². The monoisotopic (exact) mass is 296 g/mol. The summed E-state index contributed by atoms with van der Waals surface area (Å²) in [4.78, 5) is 11.0. The third-order valence-electron chi connectivity index (χ3n) is 2.75. The van der Waals surface area contributed by atoms with Crippen LogP contribution in [-0.2, 0) is 6.54 Å². The number of nitrogens with one attached hydrogen (secondary N) is 1. The van der Waals surface area contributed by atoms with Gasteiger partial charge in [-0.3, -0.25) is 4.79 Å². The van der Waals surface area contributed by atoms with E-state index in [1.807, 2.05) is 0 Å². The van der Waals surface area contributed by atoms with Crippen LogP contribution in [0.2, 0.25) is 0 Å². The molecule has 0 bridgehead atoms. The van der Waals surface area contributed by atoms with Crippen molar-refractivity contribution in [2.45, 2.75) is 6.54 Å². The SMILES string of the molecule is NC(=O)c1cc(NCc2cc(O)cc(F)c2)c(F)cc1F. The zero-order chi connectivity index (χ0) is 15.6. The highest BCUT2D eigenvalue weighted by atomic mass is 19.1. The van der Waals surface area contributed by atoms with Crippen molar-refractivity contribution in [1.82, 2.24) is 0 Å². The van der Waals surface area contributed by atoms with E-state index in [4.69, 9.17) is 5.73 Å². The van der Waals surface area contributed by atoms with Crippen LogP contribution in [0.15, 0.2) is 30.3 Å². The smallest absolute Gasteiger partial charge is 0.251 e. The topological polar surface area (TPSA) is 75.4 Å². The third-order valence-corrected chi connectivity index (χ3v) is 2.75. The zero-order valence-corrected chi connectivity index (χ0v) is 10.7. The Labute approximate surface area is 118 Å². The van der Waals surface area contributed by atoms with Crippen LogP contribution in [0.1, 0.15) is 15.9 Å². The predicted molar refractivity (Wildman–Crippen MR) is 70.3 cm³/mol. The maximum absolute atomic E-state index is 13.6. The van der Waals surface area contributed by atoms with Gasteiger partial charge in [0, 0.05) is 18.7 Å². The fourth-order valence-corrected chi connectivity index (χ4v) is 1.81.